The molecule has 1 N–H and O–H groups in total. The second-order valence-electron chi connectivity index (χ2n) is 4.44. The van der Waals surface area contributed by atoms with Gasteiger partial charge in [-0.3, -0.25) is 9.59 Å². The molecule has 17 heavy (non-hydrogen) atoms. The molecule has 90 valence electrons. The molecular formula is C13H16N2O2. The zero-order valence-electron chi connectivity index (χ0n) is 10.1. The van der Waals surface area contributed by atoms with Gasteiger partial charge in [-0.05, 0) is 19.1 Å². The lowest BCUT2D eigenvalue weighted by atomic mass is 10.2. The Hall–Kier alpha value is -1.84. The van der Waals surface area contributed by atoms with Crippen molar-refractivity contribution in [2.24, 2.45) is 0 Å². The Bertz CT molecular complexity index is 439. The number of benzene rings is 1. The van der Waals surface area contributed by atoms with E-state index in [-0.39, 0.29) is 17.9 Å². The Morgan fingerprint density at radius 3 is 2.59 bits per heavy atom. The van der Waals surface area contributed by atoms with Gasteiger partial charge in [-0.1, -0.05) is 17.7 Å². The number of carbonyl (C=O) groups is 2. The van der Waals surface area contributed by atoms with Crippen LogP contribution in [0.1, 0.15) is 18.9 Å². The van der Waals surface area contributed by atoms with E-state index in [0.29, 0.717) is 13.0 Å². The molecular weight excluding hydrogens is 216 g/mol. The molecule has 1 unspecified atom stereocenters. The van der Waals surface area contributed by atoms with E-state index in [1.54, 1.807) is 4.90 Å². The van der Waals surface area contributed by atoms with Crippen molar-refractivity contribution in [3.05, 3.63) is 29.8 Å². The highest BCUT2D eigenvalue weighted by atomic mass is 16.2. The summed E-state index contributed by atoms with van der Waals surface area (Å²) in [5.74, 6) is -0.0267. The van der Waals surface area contributed by atoms with Gasteiger partial charge < -0.3 is 10.2 Å². The zero-order valence-corrected chi connectivity index (χ0v) is 10.1. The lowest BCUT2D eigenvalue weighted by Crippen LogP contribution is -2.35. The summed E-state index contributed by atoms with van der Waals surface area (Å²) >= 11 is 0. The van der Waals surface area contributed by atoms with Crippen molar-refractivity contribution in [3.8, 4) is 0 Å². The van der Waals surface area contributed by atoms with Gasteiger partial charge in [0.1, 0.15) is 0 Å². The third-order valence-corrected chi connectivity index (χ3v) is 2.88. The first-order chi connectivity index (χ1) is 8.06. The fourth-order valence-electron chi connectivity index (χ4n) is 2.07. The molecule has 0 radical (unpaired) electrons. The molecule has 1 aromatic carbocycles. The Labute approximate surface area is 101 Å². The Kier molecular flexibility index (Phi) is 3.13. The van der Waals surface area contributed by atoms with Crippen LogP contribution in [0.4, 0.5) is 5.69 Å². The maximum Gasteiger partial charge on any atom is 0.229 e. The SMILES string of the molecule is CC(=O)NC1CC(=O)N(c2ccc(C)cc2)C1. The topological polar surface area (TPSA) is 49.4 Å². The van der Waals surface area contributed by atoms with Crippen molar-refractivity contribution >= 4 is 17.5 Å². The van der Waals surface area contributed by atoms with E-state index < -0.39 is 0 Å². The Balaban J connectivity index is 2.10. The predicted molar refractivity (Wildman–Crippen MR) is 65.8 cm³/mol. The smallest absolute Gasteiger partial charge is 0.229 e. The molecule has 0 spiro atoms. The Morgan fingerprint density at radius 1 is 1.35 bits per heavy atom. The summed E-state index contributed by atoms with van der Waals surface area (Å²) < 4.78 is 0. The fraction of sp³-hybridized carbons (Fsp3) is 0.385. The van der Waals surface area contributed by atoms with Gasteiger partial charge in [0.25, 0.3) is 0 Å². The molecule has 1 aromatic rings. The summed E-state index contributed by atoms with van der Waals surface area (Å²) in [5, 5.41) is 2.78. The van der Waals surface area contributed by atoms with E-state index in [9.17, 15) is 9.59 Å². The molecule has 2 rings (SSSR count). The van der Waals surface area contributed by atoms with Crippen LogP contribution in [0.3, 0.4) is 0 Å². The van der Waals surface area contributed by atoms with Crippen LogP contribution in [0.5, 0.6) is 0 Å². The largest absolute Gasteiger partial charge is 0.351 e. The van der Waals surface area contributed by atoms with E-state index in [1.807, 2.05) is 31.2 Å². The van der Waals surface area contributed by atoms with Crippen LogP contribution in [-0.2, 0) is 9.59 Å². The van der Waals surface area contributed by atoms with Gasteiger partial charge in [0.15, 0.2) is 0 Å². The number of carbonyl (C=O) groups excluding carboxylic acids is 2. The van der Waals surface area contributed by atoms with E-state index >= 15 is 0 Å². The van der Waals surface area contributed by atoms with Gasteiger partial charge in [-0.15, -0.1) is 0 Å². The van der Waals surface area contributed by atoms with Gasteiger partial charge in [0.05, 0.1) is 6.04 Å². The second kappa shape index (κ2) is 4.57. The molecule has 1 atom stereocenters. The molecule has 0 saturated carbocycles. The molecule has 4 nitrogen and oxygen atoms in total. The number of aryl methyl sites for hydroxylation is 1. The molecule has 1 fully saturated rings. The van der Waals surface area contributed by atoms with Crippen LogP contribution in [0.15, 0.2) is 24.3 Å². The van der Waals surface area contributed by atoms with Gasteiger partial charge in [-0.25, -0.2) is 0 Å². The van der Waals surface area contributed by atoms with Crippen LogP contribution in [0, 0.1) is 6.92 Å². The van der Waals surface area contributed by atoms with Crippen LogP contribution in [0.25, 0.3) is 0 Å². The maximum atomic E-state index is 11.8. The highest BCUT2D eigenvalue weighted by Gasteiger charge is 2.30. The van der Waals surface area contributed by atoms with Crippen molar-refractivity contribution in [1.82, 2.24) is 5.32 Å². The summed E-state index contributed by atoms with van der Waals surface area (Å²) in [4.78, 5) is 24.5. The molecule has 0 bridgehead atoms. The lowest BCUT2D eigenvalue weighted by molar-refractivity contribution is -0.119. The summed E-state index contributed by atoms with van der Waals surface area (Å²) in [5.41, 5.74) is 2.06. The number of nitrogens with zero attached hydrogens (tertiary/aromatic N) is 1. The van der Waals surface area contributed by atoms with Gasteiger partial charge in [-0.2, -0.15) is 0 Å². The normalized spacial score (nSPS) is 19.5. The maximum absolute atomic E-state index is 11.8. The summed E-state index contributed by atoms with van der Waals surface area (Å²) in [6.07, 6.45) is 0.382. The lowest BCUT2D eigenvalue weighted by Gasteiger charge is -2.17. The second-order valence-corrected chi connectivity index (χ2v) is 4.44. The summed E-state index contributed by atoms with van der Waals surface area (Å²) in [7, 11) is 0. The number of hydrogen-bond donors (Lipinski definition) is 1. The summed E-state index contributed by atoms with van der Waals surface area (Å²) in [6.45, 7) is 4.04. The summed E-state index contributed by atoms with van der Waals surface area (Å²) in [6, 6.07) is 7.76. The average molecular weight is 232 g/mol. The van der Waals surface area contributed by atoms with Crippen molar-refractivity contribution in [1.29, 1.82) is 0 Å². The minimum Gasteiger partial charge on any atom is -0.351 e. The van der Waals surface area contributed by atoms with Crippen molar-refractivity contribution in [3.63, 3.8) is 0 Å². The third kappa shape index (κ3) is 2.64. The molecule has 1 aliphatic heterocycles. The van der Waals surface area contributed by atoms with E-state index in [4.69, 9.17) is 0 Å². The molecule has 1 saturated heterocycles. The molecule has 0 aromatic heterocycles. The average Bonchev–Trinajstić information content (AvgIpc) is 2.59. The van der Waals surface area contributed by atoms with Gasteiger partial charge in [0, 0.05) is 25.6 Å². The quantitative estimate of drug-likeness (QED) is 0.834. The van der Waals surface area contributed by atoms with Crippen LogP contribution in [0.2, 0.25) is 0 Å². The van der Waals surface area contributed by atoms with E-state index in [0.717, 1.165) is 5.69 Å². The zero-order chi connectivity index (χ0) is 12.4. The molecule has 4 heteroatoms. The predicted octanol–water partition coefficient (Wildman–Crippen LogP) is 1.24. The molecule has 0 aliphatic carbocycles. The number of rotatable bonds is 2. The van der Waals surface area contributed by atoms with Crippen molar-refractivity contribution in [2.45, 2.75) is 26.3 Å². The van der Waals surface area contributed by atoms with Gasteiger partial charge >= 0.3 is 0 Å². The highest BCUT2D eigenvalue weighted by Crippen LogP contribution is 2.21. The standard InChI is InChI=1S/C13H16N2O2/c1-9-3-5-12(6-4-9)15-8-11(7-13(15)17)14-10(2)16/h3-6,11H,7-8H2,1-2H3,(H,14,16). The molecule has 2 amide bonds. The first-order valence-electron chi connectivity index (χ1n) is 5.70. The first kappa shape index (κ1) is 11.6. The molecule has 1 aliphatic rings. The minimum atomic E-state index is -0.0893. The van der Waals surface area contributed by atoms with E-state index in [1.165, 1.54) is 12.5 Å². The van der Waals surface area contributed by atoms with Gasteiger partial charge in [0.2, 0.25) is 11.8 Å². The Morgan fingerprint density at radius 2 is 2.00 bits per heavy atom. The number of nitrogens with one attached hydrogen (secondary N) is 1. The van der Waals surface area contributed by atoms with Crippen molar-refractivity contribution < 1.29 is 9.59 Å². The van der Waals surface area contributed by atoms with Crippen LogP contribution < -0.4 is 10.2 Å². The first-order valence-corrected chi connectivity index (χ1v) is 5.70. The number of amides is 2. The molecule has 1 heterocycles. The van der Waals surface area contributed by atoms with E-state index in [2.05, 4.69) is 5.32 Å². The number of anilines is 1. The highest BCUT2D eigenvalue weighted by molar-refractivity contribution is 5.96. The van der Waals surface area contributed by atoms with Crippen LogP contribution >= 0.6 is 0 Å². The number of hydrogen-bond acceptors (Lipinski definition) is 2. The fourth-order valence-corrected chi connectivity index (χ4v) is 2.07. The minimum absolute atomic E-state index is 0.0626. The van der Waals surface area contributed by atoms with Crippen LogP contribution in [-0.4, -0.2) is 24.4 Å². The van der Waals surface area contributed by atoms with Crippen molar-refractivity contribution in [2.75, 3.05) is 11.4 Å². The third-order valence-electron chi connectivity index (χ3n) is 2.88. The monoisotopic (exact) mass is 232 g/mol.